The first-order valence-electron chi connectivity index (χ1n) is 8.88. The summed E-state index contributed by atoms with van der Waals surface area (Å²) in [6, 6.07) is 8.70. The Kier molecular flexibility index (Phi) is 4.45. The van der Waals surface area contributed by atoms with E-state index >= 15 is 0 Å². The summed E-state index contributed by atoms with van der Waals surface area (Å²) in [6.45, 7) is 3.13. The third-order valence-corrected chi connectivity index (χ3v) is 5.98. The Labute approximate surface area is 171 Å². The summed E-state index contributed by atoms with van der Waals surface area (Å²) in [4.78, 5) is 26.7. The van der Waals surface area contributed by atoms with Crippen LogP contribution < -0.4 is 5.32 Å². The molecule has 1 saturated heterocycles. The maximum atomic E-state index is 13.0. The van der Waals surface area contributed by atoms with Crippen molar-refractivity contribution >= 4 is 21.8 Å². The van der Waals surface area contributed by atoms with Crippen molar-refractivity contribution in [1.82, 2.24) is 30.4 Å². The average molecular weight is 430 g/mol. The van der Waals surface area contributed by atoms with Crippen LogP contribution in [0.5, 0.6) is 0 Å². The number of rotatable bonds is 5. The zero-order valence-corrected chi connectivity index (χ0v) is 17.2. The number of nitrogens with zero attached hydrogens (tertiary/aromatic N) is 5. The largest absolute Gasteiger partial charge is 0.463 e. The van der Waals surface area contributed by atoms with Crippen LogP contribution in [0.3, 0.4) is 0 Å². The Morgan fingerprint density at radius 2 is 1.83 bits per heavy atom. The molecular formula is C18H18N6O5S. The molecule has 3 aromatic rings. The molecule has 30 heavy (non-hydrogen) atoms. The molecule has 1 aromatic carbocycles. The number of hydrogen-bond acceptors (Lipinski definition) is 8. The van der Waals surface area contributed by atoms with Gasteiger partial charge in [-0.1, -0.05) is 0 Å². The summed E-state index contributed by atoms with van der Waals surface area (Å²) in [5.74, 6) is 0.680. The molecule has 1 atom stereocenters. The maximum Gasteiger partial charge on any atom is 0.325 e. The SMILES string of the molecule is Cc1ccc(C2(C)NC(=O)N(Cc3nnnn3-c3ccc(S(C)(=O)=O)cc3)C2=O)o1. The quantitative estimate of drug-likeness (QED) is 0.590. The smallest absolute Gasteiger partial charge is 0.325 e. The molecule has 11 nitrogen and oxygen atoms in total. The second-order valence-electron chi connectivity index (χ2n) is 7.13. The minimum Gasteiger partial charge on any atom is -0.463 e. The number of sulfone groups is 1. The topological polar surface area (TPSA) is 140 Å². The van der Waals surface area contributed by atoms with Crippen LogP contribution in [0.2, 0.25) is 0 Å². The van der Waals surface area contributed by atoms with E-state index in [2.05, 4.69) is 20.8 Å². The minimum absolute atomic E-state index is 0.152. The van der Waals surface area contributed by atoms with Gasteiger partial charge in [0.2, 0.25) is 0 Å². The molecule has 3 amide bonds. The fraction of sp³-hybridized carbons (Fsp3) is 0.278. The average Bonchev–Trinajstić information content (AvgIpc) is 3.38. The van der Waals surface area contributed by atoms with Crippen molar-refractivity contribution in [1.29, 1.82) is 0 Å². The normalized spacial score (nSPS) is 19.4. The molecule has 1 unspecified atom stereocenters. The third kappa shape index (κ3) is 3.24. The molecule has 156 valence electrons. The van der Waals surface area contributed by atoms with Crippen LogP contribution in [0.1, 0.15) is 24.3 Å². The molecule has 0 radical (unpaired) electrons. The van der Waals surface area contributed by atoms with Crippen LogP contribution in [0.15, 0.2) is 45.7 Å². The lowest BCUT2D eigenvalue weighted by Crippen LogP contribution is -2.40. The minimum atomic E-state index is -3.34. The lowest BCUT2D eigenvalue weighted by Gasteiger charge is -2.19. The highest BCUT2D eigenvalue weighted by molar-refractivity contribution is 7.90. The van der Waals surface area contributed by atoms with Gasteiger partial charge < -0.3 is 9.73 Å². The molecule has 0 aliphatic carbocycles. The van der Waals surface area contributed by atoms with Crippen molar-refractivity contribution in [3.05, 3.63) is 53.7 Å². The summed E-state index contributed by atoms with van der Waals surface area (Å²) in [7, 11) is -3.34. The molecule has 1 aliphatic heterocycles. The predicted molar refractivity (Wildman–Crippen MR) is 102 cm³/mol. The number of benzene rings is 1. The first kappa shape index (κ1) is 19.8. The number of tetrazole rings is 1. The van der Waals surface area contributed by atoms with E-state index < -0.39 is 27.3 Å². The van der Waals surface area contributed by atoms with Gasteiger partial charge in [0.1, 0.15) is 11.5 Å². The van der Waals surface area contributed by atoms with Crippen molar-refractivity contribution in [2.24, 2.45) is 0 Å². The summed E-state index contributed by atoms with van der Waals surface area (Å²) in [5.41, 5.74) is -0.848. The number of aromatic nitrogens is 4. The number of aryl methyl sites for hydroxylation is 1. The number of carbonyl (C=O) groups excluding carboxylic acids is 2. The van der Waals surface area contributed by atoms with E-state index in [0.717, 1.165) is 11.2 Å². The summed E-state index contributed by atoms with van der Waals surface area (Å²) < 4.78 is 30.2. The van der Waals surface area contributed by atoms with Crippen LogP contribution in [-0.2, 0) is 26.7 Å². The molecule has 12 heteroatoms. The van der Waals surface area contributed by atoms with Gasteiger partial charge in [-0.15, -0.1) is 5.10 Å². The second-order valence-corrected chi connectivity index (χ2v) is 9.15. The van der Waals surface area contributed by atoms with Gasteiger partial charge in [0.15, 0.2) is 21.2 Å². The fourth-order valence-corrected chi connectivity index (χ4v) is 3.82. The van der Waals surface area contributed by atoms with Crippen LogP contribution in [0, 0.1) is 6.92 Å². The van der Waals surface area contributed by atoms with Gasteiger partial charge in [0.05, 0.1) is 17.1 Å². The van der Waals surface area contributed by atoms with E-state index in [1.807, 2.05) is 0 Å². The van der Waals surface area contributed by atoms with Gasteiger partial charge in [-0.2, -0.15) is 4.68 Å². The Bertz CT molecular complexity index is 1250. The second kappa shape index (κ2) is 6.76. The number of nitrogens with one attached hydrogen (secondary N) is 1. The Morgan fingerprint density at radius 3 is 2.43 bits per heavy atom. The van der Waals surface area contributed by atoms with E-state index in [-0.39, 0.29) is 17.3 Å². The van der Waals surface area contributed by atoms with Crippen molar-refractivity contribution in [3.63, 3.8) is 0 Å². The highest BCUT2D eigenvalue weighted by Crippen LogP contribution is 2.31. The van der Waals surface area contributed by atoms with Crippen LogP contribution in [-0.4, -0.2) is 51.7 Å². The number of urea groups is 1. The summed E-state index contributed by atoms with van der Waals surface area (Å²) >= 11 is 0. The highest BCUT2D eigenvalue weighted by Gasteiger charge is 2.51. The lowest BCUT2D eigenvalue weighted by atomic mass is 9.99. The molecule has 1 N–H and O–H groups in total. The lowest BCUT2D eigenvalue weighted by molar-refractivity contribution is -0.132. The molecule has 0 saturated carbocycles. The number of imide groups is 1. The highest BCUT2D eigenvalue weighted by atomic mass is 32.2. The zero-order valence-electron chi connectivity index (χ0n) is 16.4. The molecule has 1 aliphatic rings. The fourth-order valence-electron chi connectivity index (χ4n) is 3.19. The van der Waals surface area contributed by atoms with Crippen LogP contribution >= 0.6 is 0 Å². The first-order valence-corrected chi connectivity index (χ1v) is 10.8. The van der Waals surface area contributed by atoms with Crippen LogP contribution in [0.25, 0.3) is 5.69 Å². The van der Waals surface area contributed by atoms with Crippen LogP contribution in [0.4, 0.5) is 4.79 Å². The van der Waals surface area contributed by atoms with Gasteiger partial charge in [-0.3, -0.25) is 9.69 Å². The van der Waals surface area contributed by atoms with E-state index in [1.54, 1.807) is 26.0 Å². The Balaban J connectivity index is 1.61. The van der Waals surface area contributed by atoms with Gasteiger partial charge in [-0.25, -0.2) is 13.2 Å². The third-order valence-electron chi connectivity index (χ3n) is 4.85. The summed E-state index contributed by atoms with van der Waals surface area (Å²) in [5, 5.41) is 14.1. The number of amides is 3. The summed E-state index contributed by atoms with van der Waals surface area (Å²) in [6.07, 6.45) is 1.11. The predicted octanol–water partition coefficient (Wildman–Crippen LogP) is 0.934. The van der Waals surface area contributed by atoms with E-state index in [9.17, 15) is 18.0 Å². The van der Waals surface area contributed by atoms with Crippen molar-refractivity contribution in [2.75, 3.05) is 6.26 Å². The van der Waals surface area contributed by atoms with Gasteiger partial charge in [0, 0.05) is 6.26 Å². The van der Waals surface area contributed by atoms with Crippen molar-refractivity contribution in [3.8, 4) is 5.69 Å². The standard InChI is InChI=1S/C18H18N6O5S/c1-11-4-9-14(29-11)18(2)16(25)23(17(26)19-18)10-15-20-21-22-24(15)12-5-7-13(8-6-12)30(3,27)28/h4-9H,10H2,1-3H3,(H,19,26). The van der Waals surface area contributed by atoms with E-state index in [1.165, 1.54) is 28.9 Å². The molecule has 3 heterocycles. The Hall–Kier alpha value is -3.54. The molecule has 4 rings (SSSR count). The van der Waals surface area contributed by atoms with Gasteiger partial charge in [-0.05, 0) is 60.7 Å². The number of furan rings is 1. The van der Waals surface area contributed by atoms with E-state index in [0.29, 0.717) is 17.2 Å². The molecule has 0 spiro atoms. The van der Waals surface area contributed by atoms with E-state index in [4.69, 9.17) is 4.42 Å². The molecule has 1 fully saturated rings. The first-order chi connectivity index (χ1) is 14.1. The van der Waals surface area contributed by atoms with Crippen molar-refractivity contribution in [2.45, 2.75) is 30.8 Å². The monoisotopic (exact) mass is 430 g/mol. The number of carbonyl (C=O) groups is 2. The number of hydrogen-bond donors (Lipinski definition) is 1. The maximum absolute atomic E-state index is 13.0. The molecular weight excluding hydrogens is 412 g/mol. The molecule has 2 aromatic heterocycles. The molecule has 0 bridgehead atoms. The van der Waals surface area contributed by atoms with Crippen molar-refractivity contribution < 1.29 is 22.4 Å². The van der Waals surface area contributed by atoms with Gasteiger partial charge >= 0.3 is 6.03 Å². The zero-order chi connectivity index (χ0) is 21.7. The Morgan fingerprint density at radius 1 is 1.13 bits per heavy atom. The van der Waals surface area contributed by atoms with Gasteiger partial charge in [0.25, 0.3) is 5.91 Å².